The number of aromatic nitrogens is 2. The van der Waals surface area contributed by atoms with Crippen molar-refractivity contribution in [1.29, 1.82) is 0 Å². The Morgan fingerprint density at radius 1 is 1.38 bits per heavy atom. The Balaban J connectivity index is 2.01. The van der Waals surface area contributed by atoms with Gasteiger partial charge in [0.2, 0.25) is 0 Å². The smallest absolute Gasteiger partial charge is 0.274 e. The van der Waals surface area contributed by atoms with Gasteiger partial charge in [-0.15, -0.1) is 0 Å². The summed E-state index contributed by atoms with van der Waals surface area (Å²) >= 11 is 0. The molecule has 2 rings (SSSR count). The number of methoxy groups -OCH3 is 1. The van der Waals surface area contributed by atoms with Crippen LogP contribution in [0.2, 0.25) is 0 Å². The van der Waals surface area contributed by atoms with E-state index >= 15 is 0 Å². The van der Waals surface area contributed by atoms with Crippen molar-refractivity contribution < 1.29 is 9.53 Å². The maximum Gasteiger partial charge on any atom is 0.274 e. The van der Waals surface area contributed by atoms with E-state index < -0.39 is 0 Å². The van der Waals surface area contributed by atoms with Crippen LogP contribution in [0.5, 0.6) is 5.75 Å². The zero-order chi connectivity index (χ0) is 15.4. The number of hydrogen-bond acceptors (Lipinski definition) is 4. The molecule has 21 heavy (non-hydrogen) atoms. The number of carbonyl (C=O) groups excluding carboxylic acids is 1. The highest BCUT2D eigenvalue weighted by atomic mass is 16.5. The largest absolute Gasteiger partial charge is 0.497 e. The summed E-state index contributed by atoms with van der Waals surface area (Å²) in [7, 11) is 1.61. The molecule has 0 bridgehead atoms. The molecule has 112 valence electrons. The Kier molecular flexibility index (Phi) is 4.47. The van der Waals surface area contributed by atoms with Gasteiger partial charge in [0.15, 0.2) is 5.69 Å². The maximum absolute atomic E-state index is 12.1. The zero-order valence-corrected chi connectivity index (χ0v) is 12.4. The van der Waals surface area contributed by atoms with Crippen molar-refractivity contribution in [2.75, 3.05) is 12.8 Å². The Morgan fingerprint density at radius 2 is 2.05 bits per heavy atom. The number of ether oxygens (including phenoxy) is 1. The first-order valence-electron chi connectivity index (χ1n) is 6.77. The molecule has 0 saturated carbocycles. The monoisotopic (exact) mass is 288 g/mol. The van der Waals surface area contributed by atoms with E-state index in [9.17, 15) is 4.79 Å². The highest BCUT2D eigenvalue weighted by Crippen LogP contribution is 2.22. The standard InChI is InChI=1S/C15H20N4O2/c1-9(2)13-12(16)14(19-18-13)15(20)17-8-10-4-6-11(21-3)7-5-10/h4-7,9H,8,16H2,1-3H3,(H,17,20)(H,18,19). The minimum atomic E-state index is -0.286. The van der Waals surface area contributed by atoms with Crippen LogP contribution in [0, 0.1) is 0 Å². The molecule has 0 aliphatic rings. The number of hydrogen-bond donors (Lipinski definition) is 3. The first kappa shape index (κ1) is 14.9. The van der Waals surface area contributed by atoms with Crippen LogP contribution in [0.25, 0.3) is 0 Å². The molecule has 6 heteroatoms. The second kappa shape index (κ2) is 6.30. The van der Waals surface area contributed by atoms with Crippen molar-refractivity contribution in [2.45, 2.75) is 26.3 Å². The average molecular weight is 288 g/mol. The SMILES string of the molecule is COc1ccc(CNC(=O)c2n[nH]c(C(C)C)c2N)cc1. The summed E-state index contributed by atoms with van der Waals surface area (Å²) in [6.45, 7) is 4.39. The van der Waals surface area contributed by atoms with Gasteiger partial charge >= 0.3 is 0 Å². The molecule has 1 amide bonds. The lowest BCUT2D eigenvalue weighted by atomic mass is 10.1. The highest BCUT2D eigenvalue weighted by molar-refractivity contribution is 5.97. The van der Waals surface area contributed by atoms with Gasteiger partial charge in [0.25, 0.3) is 5.91 Å². The molecule has 0 spiro atoms. The fourth-order valence-electron chi connectivity index (χ4n) is 1.99. The molecule has 0 fully saturated rings. The van der Waals surface area contributed by atoms with Gasteiger partial charge in [-0.05, 0) is 23.6 Å². The second-order valence-corrected chi connectivity index (χ2v) is 5.09. The highest BCUT2D eigenvalue weighted by Gasteiger charge is 2.18. The van der Waals surface area contributed by atoms with E-state index in [0.29, 0.717) is 12.2 Å². The zero-order valence-electron chi connectivity index (χ0n) is 12.4. The van der Waals surface area contributed by atoms with Crippen LogP contribution in [-0.2, 0) is 6.54 Å². The molecule has 6 nitrogen and oxygen atoms in total. The van der Waals surface area contributed by atoms with E-state index in [4.69, 9.17) is 10.5 Å². The molecule has 1 aromatic carbocycles. The van der Waals surface area contributed by atoms with Gasteiger partial charge in [-0.3, -0.25) is 9.89 Å². The molecule has 0 aliphatic carbocycles. The molecule has 1 heterocycles. The molecule has 0 unspecified atom stereocenters. The van der Waals surface area contributed by atoms with E-state index in [1.54, 1.807) is 7.11 Å². The lowest BCUT2D eigenvalue weighted by Gasteiger charge is -2.06. The number of nitrogens with two attached hydrogens (primary N) is 1. The Labute approximate surface area is 123 Å². The molecule has 4 N–H and O–H groups in total. The Hall–Kier alpha value is -2.50. The number of nitrogens with one attached hydrogen (secondary N) is 2. The number of aromatic amines is 1. The second-order valence-electron chi connectivity index (χ2n) is 5.09. The number of benzene rings is 1. The number of amides is 1. The lowest BCUT2D eigenvalue weighted by Crippen LogP contribution is -2.24. The predicted octanol–water partition coefficient (Wildman–Crippen LogP) is 2.05. The van der Waals surface area contributed by atoms with Crippen LogP contribution in [0.3, 0.4) is 0 Å². The van der Waals surface area contributed by atoms with E-state index in [2.05, 4.69) is 15.5 Å². The van der Waals surface area contributed by atoms with Gasteiger partial charge in [0, 0.05) is 6.54 Å². The number of H-pyrrole nitrogens is 1. The van der Waals surface area contributed by atoms with Crippen molar-refractivity contribution in [3.05, 3.63) is 41.2 Å². The van der Waals surface area contributed by atoms with Crippen molar-refractivity contribution in [2.24, 2.45) is 0 Å². The van der Waals surface area contributed by atoms with Crippen LogP contribution in [0.4, 0.5) is 5.69 Å². The van der Waals surface area contributed by atoms with Gasteiger partial charge in [0.1, 0.15) is 5.75 Å². The van der Waals surface area contributed by atoms with Crippen LogP contribution in [-0.4, -0.2) is 23.2 Å². The summed E-state index contributed by atoms with van der Waals surface area (Å²) in [5, 5.41) is 9.61. The summed E-state index contributed by atoms with van der Waals surface area (Å²) in [6.07, 6.45) is 0. The summed E-state index contributed by atoms with van der Waals surface area (Å²) in [6, 6.07) is 7.49. The first-order valence-corrected chi connectivity index (χ1v) is 6.77. The molecular weight excluding hydrogens is 268 g/mol. The number of rotatable bonds is 5. The number of anilines is 1. The summed E-state index contributed by atoms with van der Waals surface area (Å²) < 4.78 is 5.09. The minimum absolute atomic E-state index is 0.195. The van der Waals surface area contributed by atoms with Crippen molar-refractivity contribution in [1.82, 2.24) is 15.5 Å². The summed E-state index contributed by atoms with van der Waals surface area (Å²) in [5.41, 5.74) is 8.35. The molecular formula is C15H20N4O2. The lowest BCUT2D eigenvalue weighted by molar-refractivity contribution is 0.0947. The first-order chi connectivity index (χ1) is 10.0. The van der Waals surface area contributed by atoms with Crippen molar-refractivity contribution >= 4 is 11.6 Å². The van der Waals surface area contributed by atoms with Crippen molar-refractivity contribution in [3.63, 3.8) is 0 Å². The molecule has 0 saturated heterocycles. The average Bonchev–Trinajstić information content (AvgIpc) is 2.87. The third-order valence-corrected chi connectivity index (χ3v) is 3.24. The summed E-state index contributed by atoms with van der Waals surface area (Å²) in [5.74, 6) is 0.690. The van der Waals surface area contributed by atoms with Gasteiger partial charge in [-0.1, -0.05) is 26.0 Å². The quantitative estimate of drug-likeness (QED) is 0.785. The Morgan fingerprint density at radius 3 is 2.57 bits per heavy atom. The van der Waals surface area contributed by atoms with E-state index in [-0.39, 0.29) is 17.5 Å². The molecule has 1 aromatic heterocycles. The van der Waals surface area contributed by atoms with Crippen LogP contribution >= 0.6 is 0 Å². The third kappa shape index (κ3) is 3.34. The predicted molar refractivity (Wildman–Crippen MR) is 81.3 cm³/mol. The van der Waals surface area contributed by atoms with Gasteiger partial charge in [0.05, 0.1) is 18.5 Å². The van der Waals surface area contributed by atoms with Gasteiger partial charge < -0.3 is 15.8 Å². The van der Waals surface area contributed by atoms with E-state index in [0.717, 1.165) is 17.0 Å². The number of carbonyl (C=O) groups is 1. The van der Waals surface area contributed by atoms with E-state index in [1.807, 2.05) is 38.1 Å². The van der Waals surface area contributed by atoms with E-state index in [1.165, 1.54) is 0 Å². The van der Waals surface area contributed by atoms with Crippen LogP contribution in [0.15, 0.2) is 24.3 Å². The Bertz CT molecular complexity index is 617. The molecule has 0 radical (unpaired) electrons. The topological polar surface area (TPSA) is 93.0 Å². The third-order valence-electron chi connectivity index (χ3n) is 3.24. The van der Waals surface area contributed by atoms with Crippen LogP contribution < -0.4 is 15.8 Å². The van der Waals surface area contributed by atoms with Gasteiger partial charge in [-0.2, -0.15) is 5.10 Å². The molecule has 0 aliphatic heterocycles. The van der Waals surface area contributed by atoms with Gasteiger partial charge in [-0.25, -0.2) is 0 Å². The fraction of sp³-hybridized carbons (Fsp3) is 0.333. The van der Waals surface area contributed by atoms with Crippen molar-refractivity contribution in [3.8, 4) is 5.75 Å². The maximum atomic E-state index is 12.1. The molecule has 0 atom stereocenters. The summed E-state index contributed by atoms with van der Waals surface area (Å²) in [4.78, 5) is 12.1. The van der Waals surface area contributed by atoms with Crippen LogP contribution in [0.1, 0.15) is 41.5 Å². The fourth-order valence-corrected chi connectivity index (χ4v) is 1.99. The number of nitrogen functional groups attached to an aromatic ring is 1. The normalized spacial score (nSPS) is 10.7. The minimum Gasteiger partial charge on any atom is -0.497 e. The molecule has 2 aromatic rings. The number of nitrogens with zero attached hydrogens (tertiary/aromatic N) is 1.